The Labute approximate surface area is 161 Å². The Morgan fingerprint density at radius 2 is 2.00 bits per heavy atom. The van der Waals surface area contributed by atoms with Crippen molar-refractivity contribution in [1.82, 2.24) is 9.88 Å². The molecule has 0 saturated carbocycles. The molecule has 9 heteroatoms. The number of aromatic nitrogens is 1. The second-order valence-corrected chi connectivity index (χ2v) is 7.54. The fourth-order valence-electron chi connectivity index (χ4n) is 2.46. The molecule has 3 rings (SSSR count). The van der Waals surface area contributed by atoms with Gasteiger partial charge in [0.1, 0.15) is 15.6 Å². The van der Waals surface area contributed by atoms with Gasteiger partial charge in [-0.2, -0.15) is 11.3 Å². The average molecular weight is 412 g/mol. The Bertz CT molecular complexity index is 936. The summed E-state index contributed by atoms with van der Waals surface area (Å²) in [7, 11) is 1.54. The first-order valence-corrected chi connectivity index (χ1v) is 9.59. The molecular formula is C18H15F3N2O2S2. The van der Waals surface area contributed by atoms with E-state index in [-0.39, 0.29) is 23.8 Å². The standard InChI is InChI=1S/C18H15F3N2O2S2/c1-11-15(27-16(22-11)13-7-8-26-10-13)17(24)23(2)9-12-5-3-4-6-14(12)25-18(19,20)21/h3-8,10H,9H2,1-2H3. The van der Waals surface area contributed by atoms with Gasteiger partial charge in [-0.25, -0.2) is 4.98 Å². The second-order valence-electron chi connectivity index (χ2n) is 5.76. The molecule has 0 bridgehead atoms. The maximum Gasteiger partial charge on any atom is 0.573 e. The van der Waals surface area contributed by atoms with Gasteiger partial charge < -0.3 is 9.64 Å². The summed E-state index contributed by atoms with van der Waals surface area (Å²) >= 11 is 2.81. The number of thiazole rings is 1. The number of ether oxygens (including phenoxy) is 1. The van der Waals surface area contributed by atoms with E-state index in [9.17, 15) is 18.0 Å². The van der Waals surface area contributed by atoms with E-state index >= 15 is 0 Å². The smallest absolute Gasteiger partial charge is 0.405 e. The van der Waals surface area contributed by atoms with E-state index < -0.39 is 6.36 Å². The molecule has 0 aliphatic carbocycles. The molecule has 0 spiro atoms. The molecule has 2 heterocycles. The number of thiophene rings is 1. The number of rotatable bonds is 5. The van der Waals surface area contributed by atoms with Crippen LogP contribution in [0.25, 0.3) is 10.6 Å². The lowest BCUT2D eigenvalue weighted by Crippen LogP contribution is -2.27. The molecule has 4 nitrogen and oxygen atoms in total. The van der Waals surface area contributed by atoms with Gasteiger partial charge in [0, 0.05) is 30.1 Å². The minimum atomic E-state index is -4.79. The number of nitrogens with zero attached hydrogens (tertiary/aromatic N) is 2. The van der Waals surface area contributed by atoms with Crippen molar-refractivity contribution in [3.63, 3.8) is 0 Å². The van der Waals surface area contributed by atoms with E-state index in [0.29, 0.717) is 10.6 Å². The third-order valence-electron chi connectivity index (χ3n) is 3.71. The third-order valence-corrected chi connectivity index (χ3v) is 5.59. The number of alkyl halides is 3. The highest BCUT2D eigenvalue weighted by atomic mass is 32.1. The maximum atomic E-state index is 12.8. The number of halogens is 3. The minimum absolute atomic E-state index is 0.0176. The van der Waals surface area contributed by atoms with Gasteiger partial charge in [0.15, 0.2) is 0 Å². The van der Waals surface area contributed by atoms with E-state index in [1.165, 1.54) is 52.8 Å². The average Bonchev–Trinajstić information content (AvgIpc) is 3.24. The van der Waals surface area contributed by atoms with Crippen LogP contribution in [-0.4, -0.2) is 29.2 Å². The van der Waals surface area contributed by atoms with Crippen LogP contribution in [0.2, 0.25) is 0 Å². The van der Waals surface area contributed by atoms with Crippen molar-refractivity contribution in [2.24, 2.45) is 0 Å². The van der Waals surface area contributed by atoms with E-state index in [0.717, 1.165) is 10.6 Å². The molecule has 0 aliphatic rings. The molecule has 0 N–H and O–H groups in total. The van der Waals surface area contributed by atoms with Gasteiger partial charge in [-0.1, -0.05) is 18.2 Å². The molecule has 142 valence electrons. The molecule has 0 aliphatic heterocycles. The molecule has 1 aromatic carbocycles. The first-order valence-electron chi connectivity index (χ1n) is 7.83. The molecule has 1 amide bonds. The number of benzene rings is 1. The van der Waals surface area contributed by atoms with Crippen molar-refractivity contribution in [3.05, 3.63) is 57.2 Å². The van der Waals surface area contributed by atoms with Crippen molar-refractivity contribution in [1.29, 1.82) is 0 Å². The SMILES string of the molecule is Cc1nc(-c2ccsc2)sc1C(=O)N(C)Cc1ccccc1OC(F)(F)F. The number of carbonyl (C=O) groups excluding carboxylic acids is 1. The van der Waals surface area contributed by atoms with Crippen LogP contribution >= 0.6 is 22.7 Å². The third kappa shape index (κ3) is 4.67. The topological polar surface area (TPSA) is 42.4 Å². The summed E-state index contributed by atoms with van der Waals surface area (Å²) in [5, 5.41) is 4.62. The van der Waals surface area contributed by atoms with Crippen LogP contribution in [0.5, 0.6) is 5.75 Å². The van der Waals surface area contributed by atoms with Crippen LogP contribution in [0, 0.1) is 6.92 Å². The van der Waals surface area contributed by atoms with Crippen LogP contribution in [0.15, 0.2) is 41.1 Å². The van der Waals surface area contributed by atoms with Crippen LogP contribution in [0.3, 0.4) is 0 Å². The van der Waals surface area contributed by atoms with Crippen LogP contribution in [-0.2, 0) is 6.54 Å². The van der Waals surface area contributed by atoms with Crippen molar-refractivity contribution in [3.8, 4) is 16.3 Å². The number of hydrogen-bond acceptors (Lipinski definition) is 5. The van der Waals surface area contributed by atoms with Gasteiger partial charge in [-0.05, 0) is 24.4 Å². The van der Waals surface area contributed by atoms with Gasteiger partial charge in [-0.3, -0.25) is 4.79 Å². The normalized spacial score (nSPS) is 11.4. The summed E-state index contributed by atoms with van der Waals surface area (Å²) < 4.78 is 41.7. The lowest BCUT2D eigenvalue weighted by Gasteiger charge is -2.19. The van der Waals surface area contributed by atoms with Gasteiger partial charge in [0.2, 0.25) is 0 Å². The zero-order chi connectivity index (χ0) is 19.6. The van der Waals surface area contributed by atoms with E-state index in [1.807, 2.05) is 16.8 Å². The lowest BCUT2D eigenvalue weighted by atomic mass is 10.2. The molecule has 0 fully saturated rings. The monoisotopic (exact) mass is 412 g/mol. The summed E-state index contributed by atoms with van der Waals surface area (Å²) in [6.07, 6.45) is -4.79. The van der Waals surface area contributed by atoms with Crippen molar-refractivity contribution in [2.75, 3.05) is 7.05 Å². The Morgan fingerprint density at radius 1 is 1.26 bits per heavy atom. The number of hydrogen-bond donors (Lipinski definition) is 0. The quantitative estimate of drug-likeness (QED) is 0.567. The van der Waals surface area contributed by atoms with Crippen LogP contribution in [0.4, 0.5) is 13.2 Å². The Hall–Kier alpha value is -2.39. The van der Waals surface area contributed by atoms with Crippen molar-refractivity contribution < 1.29 is 22.7 Å². The highest BCUT2D eigenvalue weighted by Gasteiger charge is 2.32. The number of carbonyl (C=O) groups is 1. The predicted molar refractivity (Wildman–Crippen MR) is 99.1 cm³/mol. The van der Waals surface area contributed by atoms with Gasteiger partial charge in [0.05, 0.1) is 5.69 Å². The summed E-state index contributed by atoms with van der Waals surface area (Å²) in [4.78, 5) is 19.0. The lowest BCUT2D eigenvalue weighted by molar-refractivity contribution is -0.274. The molecule has 0 saturated heterocycles. The molecule has 0 radical (unpaired) electrons. The van der Waals surface area contributed by atoms with Gasteiger partial charge >= 0.3 is 6.36 Å². The summed E-state index contributed by atoms with van der Waals surface area (Å²) in [5.74, 6) is -0.613. The van der Waals surface area contributed by atoms with Crippen LogP contribution in [0.1, 0.15) is 20.9 Å². The largest absolute Gasteiger partial charge is 0.573 e. The molecule has 27 heavy (non-hydrogen) atoms. The fraction of sp³-hybridized carbons (Fsp3) is 0.222. The Morgan fingerprint density at radius 3 is 2.67 bits per heavy atom. The van der Waals surface area contributed by atoms with Gasteiger partial charge in [-0.15, -0.1) is 24.5 Å². The zero-order valence-corrected chi connectivity index (χ0v) is 16.0. The zero-order valence-electron chi connectivity index (χ0n) is 14.4. The number of aryl methyl sites for hydroxylation is 1. The highest BCUT2D eigenvalue weighted by Crippen LogP contribution is 2.31. The first-order chi connectivity index (χ1) is 12.7. The van der Waals surface area contributed by atoms with E-state index in [4.69, 9.17) is 0 Å². The molecule has 2 aromatic heterocycles. The maximum absolute atomic E-state index is 12.8. The predicted octanol–water partition coefficient (Wildman–Crippen LogP) is 5.35. The summed E-state index contributed by atoms with van der Waals surface area (Å²) in [6.45, 7) is 1.73. The van der Waals surface area contributed by atoms with Gasteiger partial charge in [0.25, 0.3) is 5.91 Å². The number of amides is 1. The first kappa shape index (κ1) is 19.4. The Balaban J connectivity index is 1.79. The fourth-order valence-corrected chi connectivity index (χ4v) is 4.24. The Kier molecular flexibility index (Phi) is 5.52. The highest BCUT2D eigenvalue weighted by molar-refractivity contribution is 7.17. The summed E-state index contributed by atoms with van der Waals surface area (Å²) in [5.41, 5.74) is 1.81. The van der Waals surface area contributed by atoms with E-state index in [2.05, 4.69) is 9.72 Å². The van der Waals surface area contributed by atoms with Crippen LogP contribution < -0.4 is 4.74 Å². The van der Waals surface area contributed by atoms with Crippen molar-refractivity contribution >= 4 is 28.6 Å². The second kappa shape index (κ2) is 7.69. The molecule has 0 unspecified atom stereocenters. The summed E-state index contributed by atoms with van der Waals surface area (Å²) in [6, 6.07) is 7.71. The van der Waals surface area contributed by atoms with Crippen molar-refractivity contribution in [2.45, 2.75) is 19.8 Å². The van der Waals surface area contributed by atoms with E-state index in [1.54, 1.807) is 13.0 Å². The molecule has 0 atom stereocenters. The minimum Gasteiger partial charge on any atom is -0.405 e. The molecule has 3 aromatic rings. The molecular weight excluding hydrogens is 397 g/mol. The number of para-hydroxylation sites is 1.